The molecule has 2 aromatic rings. The number of carbonyl (C=O) groups is 3. The maximum atomic E-state index is 12.3. The molecule has 1 amide bonds. The van der Waals surface area contributed by atoms with Crippen molar-refractivity contribution in [2.45, 2.75) is 6.92 Å². The molecule has 0 heterocycles. The molecule has 2 rings (SSSR count). The van der Waals surface area contributed by atoms with Crippen molar-refractivity contribution in [3.63, 3.8) is 0 Å². The van der Waals surface area contributed by atoms with Gasteiger partial charge in [-0.25, -0.2) is 4.79 Å². The summed E-state index contributed by atoms with van der Waals surface area (Å²) in [7, 11) is 1.23. The van der Waals surface area contributed by atoms with Gasteiger partial charge < -0.3 is 15.4 Å². The highest BCUT2D eigenvalue weighted by atomic mass is 16.5. The van der Waals surface area contributed by atoms with Gasteiger partial charge in [0.2, 0.25) is 5.91 Å². The van der Waals surface area contributed by atoms with Gasteiger partial charge in [-0.3, -0.25) is 9.59 Å². The first-order valence-electron chi connectivity index (χ1n) is 7.54. The molecular formula is C19H18N2O4. The largest absolute Gasteiger partial charge is 0.464 e. The van der Waals surface area contributed by atoms with Crippen molar-refractivity contribution >= 4 is 29.0 Å². The normalized spacial score (nSPS) is 10.7. The molecule has 0 aliphatic heterocycles. The van der Waals surface area contributed by atoms with Gasteiger partial charge in [-0.05, 0) is 12.1 Å². The van der Waals surface area contributed by atoms with Gasteiger partial charge in [0.15, 0.2) is 5.78 Å². The van der Waals surface area contributed by atoms with Crippen LogP contribution in [0, 0.1) is 0 Å². The van der Waals surface area contributed by atoms with Crippen LogP contribution in [0.2, 0.25) is 0 Å². The Bertz CT molecular complexity index is 813. The molecule has 0 spiro atoms. The number of hydrogen-bond donors (Lipinski definition) is 2. The van der Waals surface area contributed by atoms with E-state index in [2.05, 4.69) is 10.6 Å². The third-order valence-electron chi connectivity index (χ3n) is 3.25. The first kappa shape index (κ1) is 17.9. The smallest absolute Gasteiger partial charge is 0.354 e. The van der Waals surface area contributed by atoms with Crippen LogP contribution in [0.1, 0.15) is 17.3 Å². The van der Waals surface area contributed by atoms with Crippen molar-refractivity contribution in [1.82, 2.24) is 0 Å². The summed E-state index contributed by atoms with van der Waals surface area (Å²) >= 11 is 0. The Balaban J connectivity index is 2.34. The van der Waals surface area contributed by atoms with E-state index in [1.807, 2.05) is 0 Å². The van der Waals surface area contributed by atoms with Gasteiger partial charge >= 0.3 is 5.97 Å². The Labute approximate surface area is 145 Å². The topological polar surface area (TPSA) is 84.5 Å². The Morgan fingerprint density at radius 3 is 2.00 bits per heavy atom. The van der Waals surface area contributed by atoms with Crippen LogP contribution in [0.4, 0.5) is 11.4 Å². The Kier molecular flexibility index (Phi) is 6.06. The van der Waals surface area contributed by atoms with Crippen molar-refractivity contribution in [1.29, 1.82) is 0 Å². The number of allylic oxidation sites excluding steroid dienone is 1. The molecule has 128 valence electrons. The fourth-order valence-corrected chi connectivity index (χ4v) is 2.11. The van der Waals surface area contributed by atoms with Crippen molar-refractivity contribution in [2.24, 2.45) is 0 Å². The summed E-state index contributed by atoms with van der Waals surface area (Å²) in [4.78, 5) is 35.7. The number of anilines is 2. The van der Waals surface area contributed by atoms with E-state index in [4.69, 9.17) is 4.74 Å². The molecule has 0 radical (unpaired) electrons. The summed E-state index contributed by atoms with van der Waals surface area (Å²) in [6, 6.07) is 15.4. The fraction of sp³-hybridized carbons (Fsp3) is 0.105. The predicted molar refractivity (Wildman–Crippen MR) is 95.2 cm³/mol. The number of hydrogen-bond acceptors (Lipinski definition) is 5. The average molecular weight is 338 g/mol. The zero-order valence-electron chi connectivity index (χ0n) is 13.9. The van der Waals surface area contributed by atoms with Crippen LogP contribution in [0.25, 0.3) is 0 Å². The number of amides is 1. The van der Waals surface area contributed by atoms with E-state index >= 15 is 0 Å². The van der Waals surface area contributed by atoms with Crippen LogP contribution in [0.15, 0.2) is 66.4 Å². The van der Waals surface area contributed by atoms with Gasteiger partial charge in [0, 0.05) is 18.6 Å². The minimum Gasteiger partial charge on any atom is -0.464 e. The first-order valence-corrected chi connectivity index (χ1v) is 7.54. The monoisotopic (exact) mass is 338 g/mol. The number of carbonyl (C=O) groups excluding carboxylic acids is 3. The molecule has 0 aliphatic rings. The molecule has 0 atom stereocenters. The van der Waals surface area contributed by atoms with Gasteiger partial charge in [0.25, 0.3) is 0 Å². The number of benzene rings is 2. The number of ketones is 1. The minimum atomic E-state index is -0.693. The standard InChI is InChI=1S/C19H18N2O4/c1-13(22)20-15-10-6-7-11-16(15)21-17(19(24)25-2)12-18(23)14-8-4-3-5-9-14/h3-12,21H,1-2H3,(H,20,22)/b17-12-. The zero-order valence-corrected chi connectivity index (χ0v) is 13.9. The van der Waals surface area contributed by atoms with Crippen LogP contribution < -0.4 is 10.6 Å². The molecule has 0 unspecified atom stereocenters. The van der Waals surface area contributed by atoms with E-state index in [1.54, 1.807) is 54.6 Å². The number of rotatable bonds is 6. The van der Waals surface area contributed by atoms with E-state index < -0.39 is 5.97 Å². The van der Waals surface area contributed by atoms with Gasteiger partial charge in [0.05, 0.1) is 18.5 Å². The molecule has 0 saturated heterocycles. The van der Waals surface area contributed by atoms with E-state index in [9.17, 15) is 14.4 Å². The van der Waals surface area contributed by atoms with E-state index in [0.29, 0.717) is 16.9 Å². The second-order valence-corrected chi connectivity index (χ2v) is 5.13. The predicted octanol–water partition coefficient (Wildman–Crippen LogP) is 3.00. The number of nitrogens with one attached hydrogen (secondary N) is 2. The molecule has 0 fully saturated rings. The highest BCUT2D eigenvalue weighted by Crippen LogP contribution is 2.23. The molecule has 6 heteroatoms. The van der Waals surface area contributed by atoms with Gasteiger partial charge in [-0.1, -0.05) is 42.5 Å². The summed E-state index contributed by atoms with van der Waals surface area (Å²) in [5.41, 5.74) is 1.36. The molecule has 0 aliphatic carbocycles. The van der Waals surface area contributed by atoms with Crippen LogP contribution in [0.5, 0.6) is 0 Å². The van der Waals surface area contributed by atoms with E-state index in [1.165, 1.54) is 20.1 Å². The number of esters is 1. The maximum Gasteiger partial charge on any atom is 0.354 e. The van der Waals surface area contributed by atoms with E-state index in [-0.39, 0.29) is 17.4 Å². The average Bonchev–Trinajstić information content (AvgIpc) is 2.62. The quantitative estimate of drug-likeness (QED) is 0.480. The summed E-state index contributed by atoms with van der Waals surface area (Å²) in [5.74, 6) is -1.29. The minimum absolute atomic E-state index is 0.0332. The van der Waals surface area contributed by atoms with Crippen molar-refractivity contribution in [3.8, 4) is 0 Å². The highest BCUT2D eigenvalue weighted by Gasteiger charge is 2.15. The third-order valence-corrected chi connectivity index (χ3v) is 3.25. The second-order valence-electron chi connectivity index (χ2n) is 5.13. The molecule has 2 aromatic carbocycles. The molecule has 2 N–H and O–H groups in total. The summed E-state index contributed by atoms with van der Waals surface area (Å²) in [6.45, 7) is 1.38. The number of methoxy groups -OCH3 is 1. The van der Waals surface area contributed by atoms with Crippen molar-refractivity contribution in [3.05, 3.63) is 71.9 Å². The molecule has 25 heavy (non-hydrogen) atoms. The SMILES string of the molecule is COC(=O)/C(=C/C(=O)c1ccccc1)Nc1ccccc1NC(C)=O. The Morgan fingerprint density at radius 1 is 0.880 bits per heavy atom. The lowest BCUT2D eigenvalue weighted by Crippen LogP contribution is -2.16. The van der Waals surface area contributed by atoms with Crippen LogP contribution >= 0.6 is 0 Å². The first-order chi connectivity index (χ1) is 12.0. The molecule has 0 aromatic heterocycles. The lowest BCUT2D eigenvalue weighted by atomic mass is 10.1. The lowest BCUT2D eigenvalue weighted by Gasteiger charge is -2.13. The Morgan fingerprint density at radius 2 is 1.44 bits per heavy atom. The summed E-state index contributed by atoms with van der Waals surface area (Å²) < 4.78 is 4.73. The molecule has 0 saturated carbocycles. The maximum absolute atomic E-state index is 12.3. The fourth-order valence-electron chi connectivity index (χ4n) is 2.11. The third kappa shape index (κ3) is 5.04. The highest BCUT2D eigenvalue weighted by molar-refractivity contribution is 6.09. The van der Waals surface area contributed by atoms with Crippen LogP contribution in [-0.2, 0) is 14.3 Å². The van der Waals surface area contributed by atoms with Gasteiger partial charge in [0.1, 0.15) is 5.70 Å². The van der Waals surface area contributed by atoms with Crippen molar-refractivity contribution in [2.75, 3.05) is 17.7 Å². The molecular weight excluding hydrogens is 320 g/mol. The van der Waals surface area contributed by atoms with Gasteiger partial charge in [-0.15, -0.1) is 0 Å². The summed E-state index contributed by atoms with van der Waals surface area (Å²) in [5, 5.41) is 5.51. The number of para-hydroxylation sites is 2. The van der Waals surface area contributed by atoms with E-state index in [0.717, 1.165) is 0 Å². The van der Waals surface area contributed by atoms with Crippen LogP contribution in [0.3, 0.4) is 0 Å². The summed E-state index contributed by atoms with van der Waals surface area (Å²) in [6.07, 6.45) is 1.17. The lowest BCUT2D eigenvalue weighted by molar-refractivity contribution is -0.135. The van der Waals surface area contributed by atoms with Gasteiger partial charge in [-0.2, -0.15) is 0 Å². The second kappa shape index (κ2) is 8.44. The van der Waals surface area contributed by atoms with Crippen LogP contribution in [-0.4, -0.2) is 24.8 Å². The number of ether oxygens (including phenoxy) is 1. The molecule has 0 bridgehead atoms. The molecule has 6 nitrogen and oxygen atoms in total. The Hall–Kier alpha value is -3.41. The van der Waals surface area contributed by atoms with Crippen molar-refractivity contribution < 1.29 is 19.1 Å². The zero-order chi connectivity index (χ0) is 18.2.